The molecule has 2 aromatic heterocycles. The zero-order valence-electron chi connectivity index (χ0n) is 38.7. The smallest absolute Gasteiger partial charge is 0.314 e. The molecule has 4 saturated heterocycles. The van der Waals surface area contributed by atoms with Crippen molar-refractivity contribution >= 4 is 105 Å². The molecular formula is C51H59Br4Cl2N9O3. The number of hydrogen-bond acceptors (Lipinski definition) is 8. The molecule has 6 aliphatic rings. The highest BCUT2D eigenvalue weighted by molar-refractivity contribution is 9.11. The number of amides is 4. The number of likely N-dealkylation sites (tertiary alicyclic amines) is 1. The number of benzene rings is 2. The summed E-state index contributed by atoms with van der Waals surface area (Å²) in [4.78, 5) is 57.9. The maximum atomic E-state index is 13.1. The molecule has 2 aromatic carbocycles. The number of primary amides is 1. The Kier molecular flexibility index (Phi) is 17.1. The molecule has 2 unspecified atom stereocenters. The van der Waals surface area contributed by atoms with Crippen LogP contribution in [-0.2, 0) is 35.3 Å². The van der Waals surface area contributed by atoms with Crippen LogP contribution in [0.25, 0.3) is 0 Å². The number of fused-ring (bicyclic) bond motifs is 4. The van der Waals surface area contributed by atoms with Gasteiger partial charge < -0.3 is 25.8 Å². The predicted octanol–water partition coefficient (Wildman–Crippen LogP) is 9.75. The zero-order chi connectivity index (χ0) is 48.3. The Labute approximate surface area is 449 Å². The Hall–Kier alpha value is -2.67. The molecule has 0 radical (unpaired) electrons. The van der Waals surface area contributed by atoms with Crippen molar-refractivity contribution in [1.29, 1.82) is 0 Å². The lowest BCUT2D eigenvalue weighted by Gasteiger charge is -2.40. The minimum atomic E-state index is -0.367. The van der Waals surface area contributed by atoms with Crippen LogP contribution in [0.1, 0.15) is 95.4 Å². The van der Waals surface area contributed by atoms with Crippen molar-refractivity contribution in [2.24, 2.45) is 17.6 Å². The summed E-state index contributed by atoms with van der Waals surface area (Å²) >= 11 is 27.6. The SMILES string of the molecule is NC(=O)N1CCC(CC(=O)N2CCN(C3c4ccc(Cl)c(Br)c4CCc4cc(Br)cnc43)CC2)CC1.O=C(CC1CCNCC1)N1CCN(C2c3ccc(Cl)c(Br)c3CCc3cc(Br)cnc32)CC1. The third kappa shape index (κ3) is 11.7. The number of nitrogens with zero attached hydrogens (tertiary/aromatic N) is 7. The largest absolute Gasteiger partial charge is 0.351 e. The van der Waals surface area contributed by atoms with Gasteiger partial charge in [0.05, 0.1) is 33.5 Å². The number of aromatic nitrogens is 2. The molecule has 12 nitrogen and oxygen atoms in total. The molecule has 2 aliphatic carbocycles. The van der Waals surface area contributed by atoms with Crippen LogP contribution in [0.15, 0.2) is 66.7 Å². The summed E-state index contributed by atoms with van der Waals surface area (Å²) in [5.74, 6) is 1.38. The van der Waals surface area contributed by atoms with Gasteiger partial charge in [-0.1, -0.05) is 35.3 Å². The first-order chi connectivity index (χ1) is 33.3. The highest BCUT2D eigenvalue weighted by atomic mass is 79.9. The van der Waals surface area contributed by atoms with Gasteiger partial charge in [0, 0.05) is 109 Å². The van der Waals surface area contributed by atoms with Crippen molar-refractivity contribution in [1.82, 2.24) is 39.8 Å². The third-order valence-corrected chi connectivity index (χ3v) is 18.9. The summed E-state index contributed by atoms with van der Waals surface area (Å²) in [6.07, 6.45) is 12.6. The highest BCUT2D eigenvalue weighted by Gasteiger charge is 2.37. The predicted molar refractivity (Wildman–Crippen MR) is 286 cm³/mol. The summed E-state index contributed by atoms with van der Waals surface area (Å²) in [6, 6.07) is 12.4. The van der Waals surface area contributed by atoms with Crippen LogP contribution in [0, 0.1) is 11.8 Å². The van der Waals surface area contributed by atoms with Crippen LogP contribution in [0.4, 0.5) is 4.79 Å². The molecule has 10 rings (SSSR count). The average molecular weight is 1240 g/mol. The van der Waals surface area contributed by atoms with E-state index in [9.17, 15) is 14.4 Å². The number of piperidine rings is 2. The molecule has 4 aromatic rings. The van der Waals surface area contributed by atoms with Gasteiger partial charge in [-0.05, 0) is 198 Å². The van der Waals surface area contributed by atoms with E-state index < -0.39 is 0 Å². The number of carbonyl (C=O) groups excluding carboxylic acids is 3. The van der Waals surface area contributed by atoms with Crippen LogP contribution in [0.5, 0.6) is 0 Å². The lowest BCUT2D eigenvalue weighted by molar-refractivity contribution is -0.135. The fourth-order valence-corrected chi connectivity index (χ4v) is 13.5. The second kappa shape index (κ2) is 23.0. The van der Waals surface area contributed by atoms with E-state index in [4.69, 9.17) is 38.9 Å². The monoisotopic (exact) mass is 1230 g/mol. The van der Waals surface area contributed by atoms with Crippen molar-refractivity contribution in [3.05, 3.63) is 121 Å². The molecular weight excluding hydrogens is 1180 g/mol. The van der Waals surface area contributed by atoms with Crippen molar-refractivity contribution in [3.63, 3.8) is 0 Å². The van der Waals surface area contributed by atoms with Gasteiger partial charge in [-0.2, -0.15) is 0 Å². The van der Waals surface area contributed by atoms with E-state index in [-0.39, 0.29) is 24.0 Å². The number of aryl methyl sites for hydroxylation is 2. The first kappa shape index (κ1) is 51.2. The number of nitrogens with two attached hydrogens (primary N) is 1. The standard InChI is InChI=1S/C26H30Br2ClN5O2.C25H29Br2ClN4O/c27-18-14-17-1-2-19-20(3-4-21(29)23(19)28)25(24(17)31-15-18)33-11-9-32(10-12-33)22(35)13-16-5-7-34(8-6-16)26(30)36;26-18-14-17-1-2-19-20(3-4-21(28)23(19)27)25(24(17)30-15-18)32-11-9-31(10-12-32)22(33)13-16-5-7-29-8-6-16/h3-4,14-16,25H,1-2,5-13H2,(H2,30,36);3-4,14-16,25,29H,1-2,5-13H2. The summed E-state index contributed by atoms with van der Waals surface area (Å²) < 4.78 is 3.96. The maximum absolute atomic E-state index is 13.1. The number of carbonyl (C=O) groups is 3. The molecule has 4 fully saturated rings. The van der Waals surface area contributed by atoms with Crippen LogP contribution < -0.4 is 11.1 Å². The minimum absolute atomic E-state index is 0.0227. The van der Waals surface area contributed by atoms with Gasteiger partial charge in [0.25, 0.3) is 0 Å². The quantitative estimate of drug-likeness (QED) is 0.195. The summed E-state index contributed by atoms with van der Waals surface area (Å²) in [5, 5.41) is 4.87. The van der Waals surface area contributed by atoms with Gasteiger partial charge in [0.1, 0.15) is 0 Å². The van der Waals surface area contributed by atoms with E-state index >= 15 is 0 Å². The van der Waals surface area contributed by atoms with E-state index in [2.05, 4.69) is 108 Å². The molecule has 0 bridgehead atoms. The van der Waals surface area contributed by atoms with E-state index in [0.29, 0.717) is 56.8 Å². The lowest BCUT2D eigenvalue weighted by atomic mass is 9.93. The van der Waals surface area contributed by atoms with E-state index in [0.717, 1.165) is 143 Å². The Bertz CT molecular complexity index is 2540. The number of piperazine rings is 2. The van der Waals surface area contributed by atoms with Gasteiger partial charge in [-0.15, -0.1) is 0 Å². The molecule has 6 heterocycles. The first-order valence-corrected chi connectivity index (χ1v) is 28.3. The number of rotatable bonds is 6. The lowest BCUT2D eigenvalue weighted by Crippen LogP contribution is -2.50. The number of urea groups is 1. The number of hydrogen-bond donors (Lipinski definition) is 2. The Morgan fingerprint density at radius 1 is 0.580 bits per heavy atom. The molecule has 69 heavy (non-hydrogen) atoms. The van der Waals surface area contributed by atoms with Crippen LogP contribution >= 0.6 is 86.9 Å². The average Bonchev–Trinajstić information content (AvgIpc) is 3.62. The maximum Gasteiger partial charge on any atom is 0.314 e. The number of halogens is 6. The Morgan fingerprint density at radius 2 is 1.00 bits per heavy atom. The van der Waals surface area contributed by atoms with Crippen molar-refractivity contribution in [2.45, 2.75) is 76.3 Å². The molecule has 0 saturated carbocycles. The normalized spacial score (nSPS) is 21.4. The summed E-state index contributed by atoms with van der Waals surface area (Å²) in [7, 11) is 0. The number of nitrogens with one attached hydrogen (secondary N) is 1. The topological polar surface area (TPSA) is 131 Å². The Morgan fingerprint density at radius 3 is 1.42 bits per heavy atom. The fourth-order valence-electron chi connectivity index (χ4n) is 11.3. The number of pyridine rings is 2. The molecule has 4 aliphatic heterocycles. The summed E-state index contributed by atoms with van der Waals surface area (Å²) in [6.45, 7) is 9.57. The molecule has 0 spiro atoms. The van der Waals surface area contributed by atoms with Gasteiger partial charge >= 0.3 is 6.03 Å². The third-order valence-electron chi connectivity index (χ3n) is 15.2. The molecule has 368 valence electrons. The van der Waals surface area contributed by atoms with Crippen molar-refractivity contribution in [3.8, 4) is 0 Å². The second-order valence-corrected chi connectivity index (χ2v) is 23.5. The van der Waals surface area contributed by atoms with Gasteiger partial charge in [0.15, 0.2) is 0 Å². The van der Waals surface area contributed by atoms with Gasteiger partial charge in [-0.3, -0.25) is 29.4 Å². The van der Waals surface area contributed by atoms with Gasteiger partial charge in [0.2, 0.25) is 11.8 Å². The van der Waals surface area contributed by atoms with E-state index in [1.807, 2.05) is 29.4 Å². The molecule has 3 N–H and O–H groups in total. The van der Waals surface area contributed by atoms with Crippen LogP contribution in [0.3, 0.4) is 0 Å². The fraction of sp³-hybridized carbons (Fsp3) is 0.510. The van der Waals surface area contributed by atoms with Crippen molar-refractivity contribution in [2.75, 3.05) is 78.5 Å². The highest BCUT2D eigenvalue weighted by Crippen LogP contribution is 2.43. The molecule has 2 atom stereocenters. The zero-order valence-corrected chi connectivity index (χ0v) is 46.5. The summed E-state index contributed by atoms with van der Waals surface area (Å²) in [5.41, 5.74) is 15.1. The van der Waals surface area contributed by atoms with Crippen molar-refractivity contribution < 1.29 is 14.4 Å². The van der Waals surface area contributed by atoms with E-state index in [1.165, 1.54) is 33.4 Å². The Balaban J connectivity index is 0.000000172. The van der Waals surface area contributed by atoms with E-state index in [1.54, 1.807) is 4.90 Å². The second-order valence-electron chi connectivity index (χ2n) is 19.3. The van der Waals surface area contributed by atoms with Gasteiger partial charge in [-0.25, -0.2) is 4.79 Å². The molecule has 4 amide bonds. The minimum Gasteiger partial charge on any atom is -0.351 e. The van der Waals surface area contributed by atoms with Crippen LogP contribution in [0.2, 0.25) is 10.0 Å². The molecule has 18 heteroatoms. The first-order valence-electron chi connectivity index (χ1n) is 24.3. The van der Waals surface area contributed by atoms with Crippen LogP contribution in [-0.4, -0.2) is 131 Å².